The molecule has 2 rings (SSSR count). The van der Waals surface area contributed by atoms with Gasteiger partial charge in [-0.1, -0.05) is 54.4 Å². The second-order valence-corrected chi connectivity index (χ2v) is 16.3. The van der Waals surface area contributed by atoms with Gasteiger partial charge in [-0.15, -0.1) is 0 Å². The number of carbonyl (C=O) groups is 4. The van der Waals surface area contributed by atoms with Crippen molar-refractivity contribution in [3.63, 3.8) is 0 Å². The fourth-order valence-electron chi connectivity index (χ4n) is 6.93. The maximum Gasteiger partial charge on any atom is 0.362 e. The van der Waals surface area contributed by atoms with Crippen molar-refractivity contribution in [2.24, 2.45) is 35.5 Å². The summed E-state index contributed by atoms with van der Waals surface area (Å²) in [7, 11) is 7.64. The fourth-order valence-corrected chi connectivity index (χ4v) is 6.93. The van der Waals surface area contributed by atoms with Gasteiger partial charge in [0.25, 0.3) is 0 Å². The molecule has 0 aromatic carbocycles. The summed E-state index contributed by atoms with van der Waals surface area (Å²) >= 11 is 0. The molecule has 46 heavy (non-hydrogen) atoms. The summed E-state index contributed by atoms with van der Waals surface area (Å²) in [6.07, 6.45) is 6.12. The van der Waals surface area contributed by atoms with E-state index in [1.165, 1.54) is 12.8 Å². The Morgan fingerprint density at radius 2 is 0.935 bits per heavy atom. The van der Waals surface area contributed by atoms with Crippen LogP contribution in [-0.4, -0.2) is 113 Å². The zero-order valence-electron chi connectivity index (χ0n) is 30.7. The van der Waals surface area contributed by atoms with Gasteiger partial charge in [-0.25, -0.2) is 9.59 Å². The Bertz CT molecular complexity index is 916. The highest BCUT2D eigenvalue weighted by Gasteiger charge is 2.36. The molecule has 0 saturated heterocycles. The predicted octanol–water partition coefficient (Wildman–Crippen LogP) is 5.01. The van der Waals surface area contributed by atoms with Crippen LogP contribution in [0.3, 0.4) is 0 Å². The molecule has 2 saturated carbocycles. The number of likely N-dealkylation sites (N-methyl/N-ethyl adjacent to an activating group) is 2. The SMILES string of the molecule is CC1CCC(C(C)C)C(OC(=O)C[N+](C)(C)CCOC(=O)CCC(=O)OCC[N+](C)(C)CC(=O)OC2CC(C)CCC2C(C)C)C1. The van der Waals surface area contributed by atoms with Gasteiger partial charge in [-0.05, 0) is 61.2 Å². The number of nitrogens with zero attached hydrogens (tertiary/aromatic N) is 2. The number of ether oxygens (including phenoxy) is 4. The van der Waals surface area contributed by atoms with E-state index in [1.54, 1.807) is 0 Å². The Hall–Kier alpha value is -2.20. The molecule has 0 heterocycles. The lowest BCUT2D eigenvalue weighted by Crippen LogP contribution is -2.48. The summed E-state index contributed by atoms with van der Waals surface area (Å²) in [5, 5.41) is 0. The Morgan fingerprint density at radius 1 is 0.587 bits per heavy atom. The fraction of sp³-hybridized carbons (Fsp3) is 0.889. The van der Waals surface area contributed by atoms with Crippen LogP contribution < -0.4 is 0 Å². The highest BCUT2D eigenvalue weighted by Crippen LogP contribution is 2.36. The van der Waals surface area contributed by atoms with Crippen molar-refractivity contribution >= 4 is 23.9 Å². The lowest BCUT2D eigenvalue weighted by atomic mass is 9.75. The van der Waals surface area contributed by atoms with Gasteiger partial charge in [0.2, 0.25) is 0 Å². The number of rotatable bonds is 17. The minimum Gasteiger partial charge on any atom is -0.460 e. The topological polar surface area (TPSA) is 105 Å². The molecule has 6 atom stereocenters. The molecule has 0 spiro atoms. The average Bonchev–Trinajstić information content (AvgIpc) is 2.90. The van der Waals surface area contributed by atoms with Gasteiger partial charge < -0.3 is 27.9 Å². The molecular weight excluding hydrogens is 588 g/mol. The van der Waals surface area contributed by atoms with Crippen LogP contribution in [0.15, 0.2) is 0 Å². The lowest BCUT2D eigenvalue weighted by molar-refractivity contribution is -0.883. The molecule has 0 aromatic heterocycles. The number of esters is 4. The minimum atomic E-state index is -0.480. The number of hydrogen-bond donors (Lipinski definition) is 0. The molecule has 0 bridgehead atoms. The zero-order chi connectivity index (χ0) is 34.7. The van der Waals surface area contributed by atoms with Gasteiger partial charge in [0.15, 0.2) is 13.1 Å². The maximum absolute atomic E-state index is 12.8. The van der Waals surface area contributed by atoms with E-state index >= 15 is 0 Å². The van der Waals surface area contributed by atoms with E-state index in [-0.39, 0.29) is 63.3 Å². The molecule has 0 amide bonds. The summed E-state index contributed by atoms with van der Waals surface area (Å²) in [5.41, 5.74) is 0. The molecule has 0 radical (unpaired) electrons. The smallest absolute Gasteiger partial charge is 0.362 e. The largest absolute Gasteiger partial charge is 0.460 e. The second-order valence-electron chi connectivity index (χ2n) is 16.3. The van der Waals surface area contributed by atoms with Crippen LogP contribution in [0.2, 0.25) is 0 Å². The highest BCUT2D eigenvalue weighted by molar-refractivity contribution is 5.77. The van der Waals surface area contributed by atoms with E-state index in [0.717, 1.165) is 25.7 Å². The van der Waals surface area contributed by atoms with E-state index in [4.69, 9.17) is 18.9 Å². The molecular formula is C36H66N2O8+2. The number of quaternary nitrogens is 2. The molecule has 2 aliphatic rings. The van der Waals surface area contributed by atoms with Crippen molar-refractivity contribution in [2.45, 2.75) is 105 Å². The molecule has 2 fully saturated rings. The van der Waals surface area contributed by atoms with Crippen molar-refractivity contribution in [3.8, 4) is 0 Å². The molecule has 0 aromatic rings. The summed E-state index contributed by atoms with van der Waals surface area (Å²) in [4.78, 5) is 50.1. The van der Waals surface area contributed by atoms with Gasteiger partial charge in [0.1, 0.15) is 38.5 Å². The van der Waals surface area contributed by atoms with Crippen molar-refractivity contribution in [1.29, 1.82) is 0 Å². The van der Waals surface area contributed by atoms with E-state index in [0.29, 0.717) is 57.6 Å². The Kier molecular flexibility index (Phi) is 16.0. The van der Waals surface area contributed by atoms with E-state index in [2.05, 4.69) is 41.5 Å². The van der Waals surface area contributed by atoms with Crippen LogP contribution in [-0.2, 0) is 38.1 Å². The number of carbonyl (C=O) groups excluding carboxylic acids is 4. The van der Waals surface area contributed by atoms with Crippen LogP contribution in [0, 0.1) is 35.5 Å². The van der Waals surface area contributed by atoms with E-state index in [9.17, 15) is 19.2 Å². The van der Waals surface area contributed by atoms with Crippen molar-refractivity contribution in [1.82, 2.24) is 0 Å². The van der Waals surface area contributed by atoms with Crippen LogP contribution >= 0.6 is 0 Å². The molecule has 10 nitrogen and oxygen atoms in total. The van der Waals surface area contributed by atoms with Gasteiger partial charge in [-0.2, -0.15) is 0 Å². The minimum absolute atomic E-state index is 0.0386. The first-order valence-corrected chi connectivity index (χ1v) is 17.7. The summed E-state index contributed by atoms with van der Waals surface area (Å²) < 4.78 is 23.3. The monoisotopic (exact) mass is 654 g/mol. The Labute approximate surface area is 279 Å². The van der Waals surface area contributed by atoms with Gasteiger partial charge in [0, 0.05) is 0 Å². The average molecular weight is 655 g/mol. The van der Waals surface area contributed by atoms with Crippen molar-refractivity contribution in [2.75, 3.05) is 67.6 Å². The molecule has 10 heteroatoms. The molecule has 0 N–H and O–H groups in total. The van der Waals surface area contributed by atoms with Gasteiger partial charge in [-0.3, -0.25) is 9.59 Å². The van der Waals surface area contributed by atoms with Crippen molar-refractivity contribution < 1.29 is 47.1 Å². The molecule has 2 aliphatic carbocycles. The van der Waals surface area contributed by atoms with Crippen LogP contribution in [0.5, 0.6) is 0 Å². The standard InChI is InChI=1S/C36H66N2O8/c1-25(2)29-13-11-27(5)21-31(29)45-35(41)23-37(7,8)17-19-43-33(39)15-16-34(40)44-20-18-38(9,10)24-36(42)46-32-22-28(6)12-14-30(32)26(3)4/h25-32H,11-24H2,1-10H3/q+2. The third-order valence-electron chi connectivity index (χ3n) is 10.1. The lowest BCUT2D eigenvalue weighted by Gasteiger charge is -2.37. The third-order valence-corrected chi connectivity index (χ3v) is 10.1. The van der Waals surface area contributed by atoms with Crippen LogP contribution in [0.25, 0.3) is 0 Å². The number of hydrogen-bond acceptors (Lipinski definition) is 8. The Balaban J connectivity index is 1.63. The van der Waals surface area contributed by atoms with Crippen LogP contribution in [0.4, 0.5) is 0 Å². The summed E-state index contributed by atoms with van der Waals surface area (Å²) in [6.45, 7) is 14.8. The molecule has 266 valence electrons. The summed E-state index contributed by atoms with van der Waals surface area (Å²) in [5.74, 6) is 1.44. The third kappa shape index (κ3) is 14.7. The summed E-state index contributed by atoms with van der Waals surface area (Å²) in [6, 6.07) is 0. The van der Waals surface area contributed by atoms with Gasteiger partial charge >= 0.3 is 23.9 Å². The quantitative estimate of drug-likeness (QED) is 0.122. The van der Waals surface area contributed by atoms with E-state index in [1.807, 2.05) is 28.2 Å². The molecule has 0 aliphatic heterocycles. The zero-order valence-corrected chi connectivity index (χ0v) is 30.7. The highest BCUT2D eigenvalue weighted by atomic mass is 16.6. The second kappa shape index (κ2) is 18.4. The molecule has 6 unspecified atom stereocenters. The first-order valence-electron chi connectivity index (χ1n) is 17.7. The first kappa shape index (κ1) is 40.0. The normalized spacial score (nSPS) is 25.7. The van der Waals surface area contributed by atoms with Crippen LogP contribution in [0.1, 0.15) is 92.9 Å². The Morgan fingerprint density at radius 3 is 1.26 bits per heavy atom. The predicted molar refractivity (Wildman–Crippen MR) is 177 cm³/mol. The van der Waals surface area contributed by atoms with E-state index < -0.39 is 11.9 Å². The first-order chi connectivity index (χ1) is 21.4. The maximum atomic E-state index is 12.8. The van der Waals surface area contributed by atoms with Gasteiger partial charge in [0.05, 0.1) is 41.0 Å². The van der Waals surface area contributed by atoms with Crippen molar-refractivity contribution in [3.05, 3.63) is 0 Å².